The number of nitrogens with one attached hydrogen (secondary N) is 1. The Kier molecular flexibility index (Phi) is 6.15. The summed E-state index contributed by atoms with van der Waals surface area (Å²) in [5, 5.41) is 13.5. The number of aromatic nitrogens is 1. The fraction of sp³-hybridized carbons (Fsp3) is 0.667. The maximum atomic E-state index is 12.0. The third kappa shape index (κ3) is 4.93. The van der Waals surface area contributed by atoms with Crippen molar-refractivity contribution >= 4 is 21.6 Å². The molecule has 0 saturated heterocycles. The van der Waals surface area contributed by atoms with Gasteiger partial charge in [-0.3, -0.25) is 4.79 Å². The number of amides is 1. The maximum absolute atomic E-state index is 12.0. The zero-order valence-electron chi connectivity index (χ0n) is 11.6. The first-order chi connectivity index (χ1) is 9.36. The molecule has 7 nitrogen and oxygen atoms in total. The Labute approximate surface area is 118 Å². The predicted molar refractivity (Wildman–Crippen MR) is 74.1 cm³/mol. The van der Waals surface area contributed by atoms with Gasteiger partial charge in [0.15, 0.2) is 15.7 Å². The zero-order chi connectivity index (χ0) is 15.2. The van der Waals surface area contributed by atoms with E-state index in [0.717, 1.165) is 0 Å². The van der Waals surface area contributed by atoms with E-state index in [0.29, 0.717) is 25.0 Å². The van der Waals surface area contributed by atoms with E-state index in [1.807, 2.05) is 0 Å². The van der Waals surface area contributed by atoms with E-state index >= 15 is 0 Å². The number of hydrogen-bond donors (Lipinski definition) is 2. The van der Waals surface area contributed by atoms with Crippen molar-refractivity contribution in [3.05, 3.63) is 11.8 Å². The molecule has 1 rings (SSSR count). The monoisotopic (exact) mass is 304 g/mol. The van der Waals surface area contributed by atoms with Gasteiger partial charge in [0.2, 0.25) is 5.91 Å². The Balaban J connectivity index is 2.54. The molecule has 0 saturated carbocycles. The summed E-state index contributed by atoms with van der Waals surface area (Å²) < 4.78 is 28.7. The number of carbonyl (C=O) groups excluding carboxylic acids is 1. The molecule has 0 unspecified atom stereocenters. The smallest absolute Gasteiger partial charge is 0.243 e. The van der Waals surface area contributed by atoms with Crippen molar-refractivity contribution in [1.29, 1.82) is 0 Å². The highest BCUT2D eigenvalue weighted by Gasteiger charge is 2.28. The summed E-state index contributed by atoms with van der Waals surface area (Å²) >= 11 is 0. The normalized spacial score (nSPS) is 13.2. The van der Waals surface area contributed by atoms with Crippen LogP contribution in [-0.4, -0.2) is 42.2 Å². The van der Waals surface area contributed by atoms with Crippen LogP contribution in [0, 0.1) is 6.92 Å². The summed E-state index contributed by atoms with van der Waals surface area (Å²) in [5.74, 6) is 0.0366. The van der Waals surface area contributed by atoms with Gasteiger partial charge in [-0.2, -0.15) is 0 Å². The van der Waals surface area contributed by atoms with Gasteiger partial charge >= 0.3 is 0 Å². The molecule has 2 N–H and O–H groups in total. The highest BCUT2D eigenvalue weighted by Crippen LogP contribution is 2.11. The number of aliphatic hydroxyl groups excluding tert-OH is 1. The third-order valence-electron chi connectivity index (χ3n) is 2.87. The lowest BCUT2D eigenvalue weighted by molar-refractivity contribution is -0.115. The molecule has 1 aromatic rings. The first-order valence-corrected chi connectivity index (χ1v) is 8.15. The molecule has 0 aliphatic heterocycles. The average Bonchev–Trinajstić information content (AvgIpc) is 2.79. The fourth-order valence-corrected chi connectivity index (χ4v) is 2.93. The molecule has 0 aromatic carbocycles. The lowest BCUT2D eigenvalue weighted by Crippen LogP contribution is -2.34. The number of aryl methyl sites for hydroxylation is 1. The van der Waals surface area contributed by atoms with Gasteiger partial charge in [0.1, 0.15) is 11.0 Å². The van der Waals surface area contributed by atoms with Crippen LogP contribution >= 0.6 is 0 Å². The molecule has 0 aliphatic carbocycles. The summed E-state index contributed by atoms with van der Waals surface area (Å²) in [6, 6.07) is 1.51. The topological polar surface area (TPSA) is 110 Å². The van der Waals surface area contributed by atoms with E-state index in [9.17, 15) is 13.2 Å². The van der Waals surface area contributed by atoms with Crippen molar-refractivity contribution in [2.24, 2.45) is 0 Å². The van der Waals surface area contributed by atoms with Gasteiger partial charge in [0, 0.05) is 12.7 Å². The van der Waals surface area contributed by atoms with Gasteiger partial charge in [-0.15, -0.1) is 0 Å². The molecule has 20 heavy (non-hydrogen) atoms. The number of aliphatic hydroxyl groups is 1. The summed E-state index contributed by atoms with van der Waals surface area (Å²) in [6.45, 7) is 3.06. The number of hydrogen-bond acceptors (Lipinski definition) is 6. The van der Waals surface area contributed by atoms with E-state index in [2.05, 4.69) is 10.5 Å². The second-order valence-electron chi connectivity index (χ2n) is 4.61. The van der Waals surface area contributed by atoms with Crippen molar-refractivity contribution in [2.75, 3.05) is 17.7 Å². The van der Waals surface area contributed by atoms with E-state index in [1.54, 1.807) is 6.92 Å². The Bertz CT molecular complexity index is 538. The summed E-state index contributed by atoms with van der Waals surface area (Å²) in [6.07, 6.45) is 1.62. The first-order valence-electron chi connectivity index (χ1n) is 6.43. The van der Waals surface area contributed by atoms with Crippen LogP contribution in [0.25, 0.3) is 0 Å². The van der Waals surface area contributed by atoms with Crippen LogP contribution in [0.3, 0.4) is 0 Å². The van der Waals surface area contributed by atoms with E-state index < -0.39 is 21.0 Å². The molecule has 1 heterocycles. The van der Waals surface area contributed by atoms with Crippen LogP contribution < -0.4 is 5.32 Å². The summed E-state index contributed by atoms with van der Waals surface area (Å²) in [4.78, 5) is 11.8. The minimum absolute atomic E-state index is 0.0433. The van der Waals surface area contributed by atoms with Gasteiger partial charge in [-0.1, -0.05) is 11.6 Å². The molecule has 0 fully saturated rings. The molecule has 1 amide bonds. The van der Waals surface area contributed by atoms with Crippen LogP contribution in [0.2, 0.25) is 0 Å². The van der Waals surface area contributed by atoms with Crippen LogP contribution in [0.15, 0.2) is 10.6 Å². The Hall–Kier alpha value is -1.41. The minimum atomic E-state index is -3.51. The summed E-state index contributed by atoms with van der Waals surface area (Å²) in [5.41, 5.74) is 0. The Morgan fingerprint density at radius 2 is 2.15 bits per heavy atom. The van der Waals surface area contributed by atoms with E-state index in [-0.39, 0.29) is 18.2 Å². The van der Waals surface area contributed by atoms with Crippen molar-refractivity contribution in [3.63, 3.8) is 0 Å². The molecule has 0 aliphatic rings. The largest absolute Gasteiger partial charge is 0.396 e. The fourth-order valence-electron chi connectivity index (χ4n) is 1.58. The number of unbranched alkanes of at least 4 members (excludes halogenated alkanes) is 2. The molecule has 8 heteroatoms. The average molecular weight is 304 g/mol. The molecule has 114 valence electrons. The highest BCUT2D eigenvalue weighted by atomic mass is 32.2. The number of rotatable bonds is 8. The quantitative estimate of drug-likeness (QED) is 0.690. The standard InChI is InChI=1S/C12H20N2O5S/c1-9-8-11(14-19-9)13-12(16)10(2)20(17,18)7-5-3-4-6-15/h8,10,15H,3-7H2,1-2H3,(H,13,14,16)/t10-/m0/s1. The van der Waals surface area contributed by atoms with Crippen LogP contribution in [0.4, 0.5) is 5.82 Å². The molecule has 1 aromatic heterocycles. The Morgan fingerprint density at radius 3 is 2.70 bits per heavy atom. The predicted octanol–water partition coefficient (Wildman–Crippen LogP) is 0.887. The molecule has 0 bridgehead atoms. The molecular weight excluding hydrogens is 284 g/mol. The van der Waals surface area contributed by atoms with Crippen molar-refractivity contribution in [2.45, 2.75) is 38.4 Å². The van der Waals surface area contributed by atoms with E-state index in [4.69, 9.17) is 9.63 Å². The van der Waals surface area contributed by atoms with Crippen molar-refractivity contribution in [1.82, 2.24) is 5.16 Å². The minimum Gasteiger partial charge on any atom is -0.396 e. The third-order valence-corrected chi connectivity index (χ3v) is 5.02. The molecular formula is C12H20N2O5S. The lowest BCUT2D eigenvalue weighted by atomic mass is 10.3. The first kappa shape index (κ1) is 16.6. The second-order valence-corrected chi connectivity index (χ2v) is 7.05. The van der Waals surface area contributed by atoms with Crippen molar-refractivity contribution in [3.8, 4) is 0 Å². The second kappa shape index (κ2) is 7.39. The van der Waals surface area contributed by atoms with Crippen LogP contribution in [0.1, 0.15) is 31.9 Å². The molecule has 0 spiro atoms. The SMILES string of the molecule is Cc1cc(NC(=O)[C@H](C)S(=O)(=O)CCCCCO)no1. The lowest BCUT2D eigenvalue weighted by Gasteiger charge is -2.11. The highest BCUT2D eigenvalue weighted by molar-refractivity contribution is 7.92. The van der Waals surface area contributed by atoms with Gasteiger partial charge in [0.25, 0.3) is 0 Å². The van der Waals surface area contributed by atoms with Crippen LogP contribution in [0.5, 0.6) is 0 Å². The zero-order valence-corrected chi connectivity index (χ0v) is 12.4. The number of anilines is 1. The van der Waals surface area contributed by atoms with Crippen molar-refractivity contribution < 1.29 is 22.8 Å². The van der Waals surface area contributed by atoms with Crippen LogP contribution in [-0.2, 0) is 14.6 Å². The molecule has 0 radical (unpaired) electrons. The number of carbonyl (C=O) groups is 1. The van der Waals surface area contributed by atoms with Gasteiger partial charge in [-0.05, 0) is 26.7 Å². The van der Waals surface area contributed by atoms with Gasteiger partial charge in [-0.25, -0.2) is 8.42 Å². The van der Waals surface area contributed by atoms with Gasteiger partial charge < -0.3 is 14.9 Å². The number of sulfone groups is 1. The summed E-state index contributed by atoms with van der Waals surface area (Å²) in [7, 11) is -3.51. The maximum Gasteiger partial charge on any atom is 0.243 e. The van der Waals surface area contributed by atoms with Gasteiger partial charge in [0.05, 0.1) is 5.75 Å². The number of nitrogens with zero attached hydrogens (tertiary/aromatic N) is 1. The Morgan fingerprint density at radius 1 is 1.45 bits per heavy atom. The molecule has 1 atom stereocenters. The van der Waals surface area contributed by atoms with E-state index in [1.165, 1.54) is 13.0 Å².